The Morgan fingerprint density at radius 1 is 0.933 bits per heavy atom. The largest absolute Gasteiger partial charge is 0.453 e. The first-order chi connectivity index (χ1) is 13.9. The number of carbonyl (C=O) groups is 2. The first kappa shape index (κ1) is 25.2. The minimum Gasteiger partial charge on any atom is -0.453 e. The van der Waals surface area contributed by atoms with Crippen LogP contribution in [0.4, 0.5) is 10.5 Å². The fourth-order valence-electron chi connectivity index (χ4n) is 2.49. The van der Waals surface area contributed by atoms with Crippen LogP contribution >= 0.6 is 24.0 Å². The number of anilines is 1. The van der Waals surface area contributed by atoms with E-state index in [2.05, 4.69) is 25.7 Å². The van der Waals surface area contributed by atoms with E-state index in [1.54, 1.807) is 38.2 Å². The van der Waals surface area contributed by atoms with Crippen molar-refractivity contribution in [3.05, 3.63) is 65.2 Å². The molecule has 8 nitrogen and oxygen atoms in total. The summed E-state index contributed by atoms with van der Waals surface area (Å²) in [5.41, 5.74) is 3.40. The zero-order valence-electron chi connectivity index (χ0n) is 17.6. The topological polar surface area (TPSA) is 95.1 Å². The van der Waals surface area contributed by atoms with Gasteiger partial charge in [0.2, 0.25) is 0 Å². The van der Waals surface area contributed by atoms with Crippen LogP contribution in [-0.4, -0.2) is 51.1 Å². The third kappa shape index (κ3) is 7.90. The second-order valence-electron chi connectivity index (χ2n) is 6.49. The van der Waals surface area contributed by atoms with Gasteiger partial charge in [0, 0.05) is 45.5 Å². The van der Waals surface area contributed by atoms with Gasteiger partial charge in [0.25, 0.3) is 5.91 Å². The highest BCUT2D eigenvalue weighted by Crippen LogP contribution is 2.10. The van der Waals surface area contributed by atoms with Gasteiger partial charge in [-0.15, -0.1) is 24.0 Å². The highest BCUT2D eigenvalue weighted by molar-refractivity contribution is 14.0. The predicted octanol–water partition coefficient (Wildman–Crippen LogP) is 3.05. The normalized spacial score (nSPS) is 10.5. The number of nitrogens with zero attached hydrogens (tertiary/aromatic N) is 2. The van der Waals surface area contributed by atoms with Crippen LogP contribution in [0.3, 0.4) is 0 Å². The molecule has 30 heavy (non-hydrogen) atoms. The fraction of sp³-hybridized carbons (Fsp3) is 0.286. The Bertz CT molecular complexity index is 852. The maximum Gasteiger partial charge on any atom is 0.411 e. The Balaban J connectivity index is 0.00000450. The van der Waals surface area contributed by atoms with Crippen LogP contribution in [-0.2, 0) is 17.8 Å². The van der Waals surface area contributed by atoms with Gasteiger partial charge in [-0.1, -0.05) is 24.3 Å². The molecule has 2 aromatic rings. The summed E-state index contributed by atoms with van der Waals surface area (Å²) < 4.78 is 4.56. The molecular weight excluding hydrogens is 497 g/mol. The van der Waals surface area contributed by atoms with Crippen LogP contribution in [0.25, 0.3) is 0 Å². The van der Waals surface area contributed by atoms with Crippen molar-refractivity contribution in [2.24, 2.45) is 4.99 Å². The molecule has 0 atom stereocenters. The van der Waals surface area contributed by atoms with Gasteiger partial charge >= 0.3 is 6.09 Å². The van der Waals surface area contributed by atoms with Gasteiger partial charge in [0.1, 0.15) is 0 Å². The van der Waals surface area contributed by atoms with Gasteiger partial charge in [-0.3, -0.25) is 15.1 Å². The molecule has 0 heterocycles. The number of aliphatic imine (C=N–C) groups is 1. The van der Waals surface area contributed by atoms with Crippen molar-refractivity contribution < 1.29 is 14.3 Å². The quantitative estimate of drug-likeness (QED) is 0.306. The number of amides is 2. The summed E-state index contributed by atoms with van der Waals surface area (Å²) in [6.45, 7) is 1.16. The Hall–Kier alpha value is -2.82. The predicted molar refractivity (Wildman–Crippen MR) is 129 cm³/mol. The van der Waals surface area contributed by atoms with E-state index in [9.17, 15) is 9.59 Å². The van der Waals surface area contributed by atoms with Crippen molar-refractivity contribution in [3.8, 4) is 0 Å². The number of carbonyl (C=O) groups excluding carboxylic acids is 2. The molecule has 0 aliphatic carbocycles. The van der Waals surface area contributed by atoms with Crippen LogP contribution < -0.4 is 16.0 Å². The Kier molecular flexibility index (Phi) is 10.7. The molecule has 0 radical (unpaired) electrons. The number of hydrogen-bond donors (Lipinski definition) is 3. The summed E-state index contributed by atoms with van der Waals surface area (Å²) >= 11 is 0. The molecule has 9 heteroatoms. The Morgan fingerprint density at radius 3 is 1.87 bits per heavy atom. The summed E-state index contributed by atoms with van der Waals surface area (Å²) in [5.74, 6) is 0.644. The number of ether oxygens (including phenoxy) is 1. The first-order valence-electron chi connectivity index (χ1n) is 9.12. The van der Waals surface area contributed by atoms with E-state index in [0.717, 1.165) is 11.1 Å². The second kappa shape index (κ2) is 12.7. The molecule has 162 valence electrons. The van der Waals surface area contributed by atoms with Gasteiger partial charge in [0.05, 0.1) is 7.11 Å². The van der Waals surface area contributed by atoms with Gasteiger partial charge in [-0.2, -0.15) is 0 Å². The molecule has 2 aromatic carbocycles. The first-order valence-corrected chi connectivity index (χ1v) is 9.12. The highest BCUT2D eigenvalue weighted by Gasteiger charge is 2.07. The monoisotopic (exact) mass is 525 g/mol. The number of guanidine groups is 1. The number of benzene rings is 2. The third-order valence-electron chi connectivity index (χ3n) is 4.14. The van der Waals surface area contributed by atoms with E-state index < -0.39 is 6.09 Å². The molecular formula is C21H28IN5O3. The van der Waals surface area contributed by atoms with Gasteiger partial charge in [-0.05, 0) is 35.4 Å². The van der Waals surface area contributed by atoms with E-state index in [1.165, 1.54) is 7.11 Å². The minimum absolute atomic E-state index is 0. The lowest BCUT2D eigenvalue weighted by atomic mass is 10.1. The number of halogens is 1. The molecule has 0 aliphatic rings. The summed E-state index contributed by atoms with van der Waals surface area (Å²) in [6, 6.07) is 14.9. The smallest absolute Gasteiger partial charge is 0.411 e. The van der Waals surface area contributed by atoms with Crippen molar-refractivity contribution in [1.29, 1.82) is 0 Å². The van der Waals surface area contributed by atoms with E-state index in [-0.39, 0.29) is 29.9 Å². The zero-order valence-corrected chi connectivity index (χ0v) is 19.9. The number of methoxy groups -OCH3 is 1. The zero-order chi connectivity index (χ0) is 21.2. The van der Waals surface area contributed by atoms with Crippen LogP contribution in [0.15, 0.2) is 53.5 Å². The third-order valence-corrected chi connectivity index (χ3v) is 4.14. The number of nitrogens with one attached hydrogen (secondary N) is 3. The minimum atomic E-state index is -0.500. The van der Waals surface area contributed by atoms with E-state index >= 15 is 0 Å². The SMILES string of the molecule is CN=C(NCc1ccc(NC(=O)OC)cc1)NCc1ccc(C(=O)N(C)C)cc1.I. The molecule has 0 saturated carbocycles. The molecule has 3 N–H and O–H groups in total. The standard InChI is InChI=1S/C21H27N5O3.HI/c1-22-20(23-13-15-5-9-17(10-6-15)19(27)26(2)3)24-14-16-7-11-18(12-8-16)25-21(28)29-4;/h5-12H,13-14H2,1-4H3,(H,25,28)(H2,22,23,24);1H. The summed E-state index contributed by atoms with van der Waals surface area (Å²) in [5, 5.41) is 9.09. The van der Waals surface area contributed by atoms with Crippen molar-refractivity contribution in [2.75, 3.05) is 33.6 Å². The molecule has 2 amide bonds. The Morgan fingerprint density at radius 2 is 1.43 bits per heavy atom. The van der Waals surface area contributed by atoms with E-state index in [1.807, 2.05) is 36.4 Å². The maximum atomic E-state index is 11.9. The van der Waals surface area contributed by atoms with Crippen LogP contribution in [0.2, 0.25) is 0 Å². The van der Waals surface area contributed by atoms with Crippen molar-refractivity contribution >= 4 is 47.6 Å². The van der Waals surface area contributed by atoms with Crippen LogP contribution in [0.5, 0.6) is 0 Å². The van der Waals surface area contributed by atoms with Gasteiger partial charge in [-0.25, -0.2) is 4.79 Å². The van der Waals surface area contributed by atoms with Gasteiger partial charge < -0.3 is 20.3 Å². The lowest BCUT2D eigenvalue weighted by molar-refractivity contribution is 0.0827. The summed E-state index contributed by atoms with van der Waals surface area (Å²) in [4.78, 5) is 28.9. The molecule has 0 aliphatic heterocycles. The average Bonchev–Trinajstić information content (AvgIpc) is 2.74. The van der Waals surface area contributed by atoms with Crippen molar-refractivity contribution in [2.45, 2.75) is 13.1 Å². The molecule has 0 saturated heterocycles. The van der Waals surface area contributed by atoms with Crippen molar-refractivity contribution in [1.82, 2.24) is 15.5 Å². The maximum absolute atomic E-state index is 11.9. The molecule has 0 unspecified atom stereocenters. The number of rotatable bonds is 6. The van der Waals surface area contributed by atoms with Crippen LogP contribution in [0, 0.1) is 0 Å². The lowest BCUT2D eigenvalue weighted by Crippen LogP contribution is -2.36. The average molecular weight is 525 g/mol. The van der Waals surface area contributed by atoms with Crippen molar-refractivity contribution in [3.63, 3.8) is 0 Å². The highest BCUT2D eigenvalue weighted by atomic mass is 127. The Labute approximate surface area is 194 Å². The molecule has 0 fully saturated rings. The lowest BCUT2D eigenvalue weighted by Gasteiger charge is -2.13. The van der Waals surface area contributed by atoms with E-state index in [4.69, 9.17) is 0 Å². The molecule has 0 bridgehead atoms. The van der Waals surface area contributed by atoms with Crippen LogP contribution in [0.1, 0.15) is 21.5 Å². The number of hydrogen-bond acceptors (Lipinski definition) is 4. The molecule has 2 rings (SSSR count). The van der Waals surface area contributed by atoms with E-state index in [0.29, 0.717) is 30.3 Å². The fourth-order valence-corrected chi connectivity index (χ4v) is 2.49. The molecule has 0 spiro atoms. The summed E-state index contributed by atoms with van der Waals surface area (Å²) in [6.07, 6.45) is -0.500. The van der Waals surface area contributed by atoms with Gasteiger partial charge in [0.15, 0.2) is 5.96 Å². The summed E-state index contributed by atoms with van der Waals surface area (Å²) in [7, 11) is 6.49. The second-order valence-corrected chi connectivity index (χ2v) is 6.49. The molecule has 0 aromatic heterocycles.